The van der Waals surface area contributed by atoms with Crippen molar-refractivity contribution in [3.63, 3.8) is 0 Å². The molecule has 4 heterocycles. The van der Waals surface area contributed by atoms with Crippen LogP contribution >= 0.6 is 0 Å². The number of piperazine rings is 1. The molecule has 0 N–H and O–H groups in total. The molecule has 4 aromatic rings. The number of ether oxygens (including phenoxy) is 1. The second kappa shape index (κ2) is 11.4. The summed E-state index contributed by atoms with van der Waals surface area (Å²) in [6.45, 7) is 7.21. The number of aryl methyl sites for hydroxylation is 1. The van der Waals surface area contributed by atoms with Gasteiger partial charge in [-0.2, -0.15) is 0 Å². The van der Waals surface area contributed by atoms with Crippen LogP contribution in [0.3, 0.4) is 0 Å². The van der Waals surface area contributed by atoms with Gasteiger partial charge in [-0.05, 0) is 68.5 Å². The van der Waals surface area contributed by atoms with E-state index in [-0.39, 0.29) is 11.9 Å². The second-order valence-corrected chi connectivity index (χ2v) is 10.6. The number of halogens is 1. The van der Waals surface area contributed by atoms with Gasteiger partial charge in [0.2, 0.25) is 0 Å². The summed E-state index contributed by atoms with van der Waals surface area (Å²) >= 11 is 0. The maximum Gasteiger partial charge on any atom is 0.360 e. The Morgan fingerprint density at radius 3 is 2.88 bits per heavy atom. The van der Waals surface area contributed by atoms with Crippen molar-refractivity contribution in [2.45, 2.75) is 39.2 Å². The van der Waals surface area contributed by atoms with E-state index < -0.39 is 5.97 Å². The van der Waals surface area contributed by atoms with Gasteiger partial charge >= 0.3 is 5.97 Å². The Morgan fingerprint density at radius 1 is 1.17 bits per heavy atom. The molecule has 2 aliphatic heterocycles. The Morgan fingerprint density at radius 2 is 2.05 bits per heavy atom. The second-order valence-electron chi connectivity index (χ2n) is 10.6. The summed E-state index contributed by atoms with van der Waals surface area (Å²) in [5.74, 6) is -0.693. The van der Waals surface area contributed by atoms with E-state index in [0.717, 1.165) is 67.2 Å². The number of pyridine rings is 1. The Hall–Kier alpha value is -4.18. The SMILES string of the molecule is CCOC(=O)c1nnn2c1CCc1c(CCN3CCN(c4cc(F)cc5nc(C)ccc45)C[C@H]3C=NC)cccc1-2. The van der Waals surface area contributed by atoms with E-state index in [1.165, 1.54) is 17.2 Å². The van der Waals surface area contributed by atoms with Crippen molar-refractivity contribution in [1.82, 2.24) is 24.9 Å². The van der Waals surface area contributed by atoms with E-state index in [9.17, 15) is 9.18 Å². The minimum absolute atomic E-state index is 0.0964. The van der Waals surface area contributed by atoms with Gasteiger partial charge in [0.15, 0.2) is 5.69 Å². The fourth-order valence-corrected chi connectivity index (χ4v) is 6.13. The summed E-state index contributed by atoms with van der Waals surface area (Å²) in [4.78, 5) is 26.0. The predicted molar refractivity (Wildman–Crippen MR) is 157 cm³/mol. The van der Waals surface area contributed by atoms with Crippen LogP contribution in [-0.4, -0.2) is 82.9 Å². The zero-order valence-electron chi connectivity index (χ0n) is 23.7. The van der Waals surface area contributed by atoms with Crippen LogP contribution in [0, 0.1) is 12.7 Å². The lowest BCUT2D eigenvalue weighted by Gasteiger charge is -2.41. The average Bonchev–Trinajstić information content (AvgIpc) is 3.41. The zero-order valence-corrected chi connectivity index (χ0v) is 23.7. The first-order chi connectivity index (χ1) is 20.0. The number of benzene rings is 2. The smallest absolute Gasteiger partial charge is 0.360 e. The summed E-state index contributed by atoms with van der Waals surface area (Å²) in [6.07, 6.45) is 4.37. The molecule has 0 saturated carbocycles. The summed E-state index contributed by atoms with van der Waals surface area (Å²) in [5.41, 5.74) is 7.04. The molecule has 2 aliphatic rings. The number of esters is 1. The minimum atomic E-state index is -0.422. The van der Waals surface area contributed by atoms with Gasteiger partial charge < -0.3 is 9.64 Å². The van der Waals surface area contributed by atoms with Crippen LogP contribution in [0.2, 0.25) is 0 Å². The van der Waals surface area contributed by atoms with E-state index in [1.54, 1.807) is 24.7 Å². The molecule has 1 saturated heterocycles. The topological polar surface area (TPSA) is 88.7 Å². The van der Waals surface area contributed by atoms with Crippen molar-refractivity contribution in [1.29, 1.82) is 0 Å². The molecule has 1 atom stereocenters. The predicted octanol–water partition coefficient (Wildman–Crippen LogP) is 3.97. The molecule has 1 fully saturated rings. The van der Waals surface area contributed by atoms with Crippen molar-refractivity contribution >= 4 is 28.8 Å². The number of aliphatic imine (C=N–C) groups is 1. The van der Waals surface area contributed by atoms with Gasteiger partial charge in [0.1, 0.15) is 5.82 Å². The van der Waals surface area contributed by atoms with Gasteiger partial charge in [-0.25, -0.2) is 13.9 Å². The standard InChI is InChI=1S/C31H34FN7O2/c1-4-41-31(40)30-28-11-10-24-21(6-5-7-27(24)39(28)36-35-30)12-13-37-14-15-38(19-23(37)18-33-3)29-17-22(32)16-26-25(29)9-8-20(2)34-26/h5-9,16-18,23H,4,10-15,19H2,1-3H3/t23-/m1/s1. The summed E-state index contributed by atoms with van der Waals surface area (Å²) in [7, 11) is 1.80. The van der Waals surface area contributed by atoms with E-state index in [2.05, 4.69) is 36.2 Å². The van der Waals surface area contributed by atoms with Crippen LogP contribution in [0.25, 0.3) is 16.6 Å². The molecule has 0 bridgehead atoms. The van der Waals surface area contributed by atoms with E-state index in [1.807, 2.05) is 37.4 Å². The van der Waals surface area contributed by atoms with Crippen LogP contribution < -0.4 is 4.90 Å². The monoisotopic (exact) mass is 555 g/mol. The van der Waals surface area contributed by atoms with Gasteiger partial charge in [0, 0.05) is 62.3 Å². The number of fused-ring (bicyclic) bond motifs is 4. The van der Waals surface area contributed by atoms with Crippen LogP contribution in [0.1, 0.15) is 39.9 Å². The lowest BCUT2D eigenvalue weighted by atomic mass is 9.94. The highest BCUT2D eigenvalue weighted by atomic mass is 19.1. The molecule has 0 aliphatic carbocycles. The highest BCUT2D eigenvalue weighted by Crippen LogP contribution is 2.31. The van der Waals surface area contributed by atoms with Gasteiger partial charge in [-0.15, -0.1) is 5.10 Å². The molecule has 212 valence electrons. The van der Waals surface area contributed by atoms with Crippen molar-refractivity contribution in [2.75, 3.05) is 44.7 Å². The number of rotatable bonds is 7. The fraction of sp³-hybridized carbons (Fsp3) is 0.387. The molecule has 9 nitrogen and oxygen atoms in total. The third-order valence-electron chi connectivity index (χ3n) is 8.07. The molecule has 41 heavy (non-hydrogen) atoms. The third-order valence-corrected chi connectivity index (χ3v) is 8.07. The molecular formula is C31H34FN7O2. The van der Waals surface area contributed by atoms with Crippen molar-refractivity contribution in [3.8, 4) is 5.69 Å². The van der Waals surface area contributed by atoms with Crippen LogP contribution in [-0.2, 0) is 24.0 Å². The molecule has 2 aromatic carbocycles. The number of nitrogens with zero attached hydrogens (tertiary/aromatic N) is 7. The summed E-state index contributed by atoms with van der Waals surface area (Å²) in [6, 6.07) is 13.5. The Bertz CT molecular complexity index is 1630. The number of aromatic nitrogens is 4. The molecule has 0 unspecified atom stereocenters. The summed E-state index contributed by atoms with van der Waals surface area (Å²) < 4.78 is 21.5. The summed E-state index contributed by atoms with van der Waals surface area (Å²) in [5, 5.41) is 9.40. The van der Waals surface area contributed by atoms with Gasteiger partial charge in [-0.3, -0.25) is 14.9 Å². The number of carbonyl (C=O) groups excluding carboxylic acids is 1. The van der Waals surface area contributed by atoms with E-state index in [4.69, 9.17) is 4.74 Å². The van der Waals surface area contributed by atoms with Crippen LogP contribution in [0.5, 0.6) is 0 Å². The van der Waals surface area contributed by atoms with Gasteiger partial charge in [0.05, 0.1) is 29.5 Å². The molecule has 2 aromatic heterocycles. The highest BCUT2D eigenvalue weighted by Gasteiger charge is 2.29. The van der Waals surface area contributed by atoms with Crippen LogP contribution in [0.15, 0.2) is 47.5 Å². The molecule has 6 rings (SSSR count). The number of hydrogen-bond acceptors (Lipinski definition) is 8. The van der Waals surface area contributed by atoms with Crippen molar-refractivity contribution < 1.29 is 13.9 Å². The Labute approximate surface area is 238 Å². The number of hydrogen-bond donors (Lipinski definition) is 0. The molecule has 0 spiro atoms. The quantitative estimate of drug-likeness (QED) is 0.252. The Kier molecular flexibility index (Phi) is 7.49. The third kappa shape index (κ3) is 5.19. The van der Waals surface area contributed by atoms with Crippen LogP contribution in [0.4, 0.5) is 10.1 Å². The number of anilines is 1. The van der Waals surface area contributed by atoms with Gasteiger partial charge in [0.25, 0.3) is 0 Å². The van der Waals surface area contributed by atoms with Crippen molar-refractivity contribution in [3.05, 3.63) is 76.5 Å². The maximum absolute atomic E-state index is 14.6. The first-order valence-corrected chi connectivity index (χ1v) is 14.2. The van der Waals surface area contributed by atoms with Gasteiger partial charge in [-0.1, -0.05) is 17.3 Å². The first-order valence-electron chi connectivity index (χ1n) is 14.2. The average molecular weight is 556 g/mol. The fourth-order valence-electron chi connectivity index (χ4n) is 6.13. The van der Waals surface area contributed by atoms with E-state index in [0.29, 0.717) is 24.2 Å². The molecule has 0 amide bonds. The lowest BCUT2D eigenvalue weighted by Crippen LogP contribution is -2.54. The molecular weight excluding hydrogens is 521 g/mol. The Balaban J connectivity index is 1.20. The zero-order chi connectivity index (χ0) is 28.5. The maximum atomic E-state index is 14.6. The first kappa shape index (κ1) is 27.0. The highest BCUT2D eigenvalue weighted by molar-refractivity contribution is 5.92. The van der Waals surface area contributed by atoms with E-state index >= 15 is 0 Å². The molecule has 10 heteroatoms. The largest absolute Gasteiger partial charge is 0.461 e. The lowest BCUT2D eigenvalue weighted by molar-refractivity contribution is 0.0518. The number of carbonyl (C=O) groups is 1. The van der Waals surface area contributed by atoms with Crippen molar-refractivity contribution in [2.24, 2.45) is 4.99 Å². The molecule has 0 radical (unpaired) electrons. The minimum Gasteiger partial charge on any atom is -0.461 e. The normalized spacial score (nSPS) is 17.2.